The van der Waals surface area contributed by atoms with Crippen molar-refractivity contribution in [2.45, 2.75) is 12.5 Å². The van der Waals surface area contributed by atoms with Gasteiger partial charge in [0.25, 0.3) is 0 Å². The lowest BCUT2D eigenvalue weighted by atomic mass is 10.1. The fraction of sp³-hybridized carbons (Fsp3) is 0.524. The quantitative estimate of drug-likeness (QED) is 0.609. The average Bonchev–Trinajstić information content (AvgIpc) is 3.40. The number of nitrogens with one attached hydrogen (secondary N) is 1. The van der Waals surface area contributed by atoms with Crippen LogP contribution in [0.4, 0.5) is 14.5 Å². The Kier molecular flexibility index (Phi) is 6.17. The van der Waals surface area contributed by atoms with Gasteiger partial charge in [0, 0.05) is 63.8 Å². The standard InChI is InChI=1S/C21H28F2N6O/c1-24-21(29-7-8-30-20(14-29)16-11-26-27(2)13-16)25-10-15-5-6-28(12-15)17-3-4-18(22)19(23)9-17/h3-4,9,11,13,15,20H,5-8,10,12,14H2,1-2H3,(H,24,25). The summed E-state index contributed by atoms with van der Waals surface area (Å²) in [5, 5.41) is 7.73. The van der Waals surface area contributed by atoms with E-state index in [-0.39, 0.29) is 6.10 Å². The zero-order chi connectivity index (χ0) is 21.1. The highest BCUT2D eigenvalue weighted by Gasteiger charge is 2.27. The van der Waals surface area contributed by atoms with Gasteiger partial charge in [0.15, 0.2) is 17.6 Å². The fourth-order valence-corrected chi connectivity index (χ4v) is 4.13. The van der Waals surface area contributed by atoms with Crippen LogP contribution in [0.3, 0.4) is 0 Å². The molecule has 2 aliphatic rings. The van der Waals surface area contributed by atoms with Gasteiger partial charge in [-0.1, -0.05) is 0 Å². The predicted molar refractivity (Wildman–Crippen MR) is 112 cm³/mol. The van der Waals surface area contributed by atoms with E-state index < -0.39 is 11.6 Å². The van der Waals surface area contributed by atoms with Crippen LogP contribution in [0, 0.1) is 17.6 Å². The summed E-state index contributed by atoms with van der Waals surface area (Å²) < 4.78 is 34.4. The molecule has 2 aromatic rings. The van der Waals surface area contributed by atoms with E-state index in [0.717, 1.165) is 56.4 Å². The molecule has 0 spiro atoms. The van der Waals surface area contributed by atoms with Crippen molar-refractivity contribution in [2.24, 2.45) is 18.0 Å². The summed E-state index contributed by atoms with van der Waals surface area (Å²) >= 11 is 0. The smallest absolute Gasteiger partial charge is 0.193 e. The number of halogens is 2. The number of nitrogens with zero attached hydrogens (tertiary/aromatic N) is 5. The third kappa shape index (κ3) is 4.56. The van der Waals surface area contributed by atoms with E-state index in [1.54, 1.807) is 17.8 Å². The van der Waals surface area contributed by atoms with Gasteiger partial charge < -0.3 is 19.9 Å². The molecule has 0 saturated carbocycles. The molecule has 30 heavy (non-hydrogen) atoms. The van der Waals surface area contributed by atoms with Crippen LogP contribution in [0.2, 0.25) is 0 Å². The Hall–Kier alpha value is -2.68. The minimum atomic E-state index is -0.810. The molecule has 0 bridgehead atoms. The van der Waals surface area contributed by atoms with E-state index in [9.17, 15) is 8.78 Å². The molecular weight excluding hydrogens is 390 g/mol. The van der Waals surface area contributed by atoms with Crippen LogP contribution in [0.1, 0.15) is 18.1 Å². The Morgan fingerprint density at radius 2 is 2.13 bits per heavy atom. The van der Waals surface area contributed by atoms with Crippen molar-refractivity contribution in [1.29, 1.82) is 0 Å². The first kappa shape index (κ1) is 20.6. The molecule has 2 atom stereocenters. The molecule has 2 saturated heterocycles. The molecule has 1 aromatic heterocycles. The van der Waals surface area contributed by atoms with Crippen LogP contribution < -0.4 is 10.2 Å². The van der Waals surface area contributed by atoms with Crippen LogP contribution in [0.5, 0.6) is 0 Å². The van der Waals surface area contributed by atoms with Gasteiger partial charge in [-0.15, -0.1) is 0 Å². The second-order valence-corrected chi connectivity index (χ2v) is 7.88. The Bertz CT molecular complexity index is 901. The minimum Gasteiger partial charge on any atom is -0.371 e. The first-order chi connectivity index (χ1) is 14.5. The molecule has 1 aromatic carbocycles. The Morgan fingerprint density at radius 1 is 1.27 bits per heavy atom. The Labute approximate surface area is 175 Å². The summed E-state index contributed by atoms with van der Waals surface area (Å²) in [4.78, 5) is 8.77. The molecule has 7 nitrogen and oxygen atoms in total. The van der Waals surface area contributed by atoms with Gasteiger partial charge in [0.2, 0.25) is 0 Å². The highest BCUT2D eigenvalue weighted by molar-refractivity contribution is 5.80. The van der Waals surface area contributed by atoms with Crippen LogP contribution in [0.15, 0.2) is 35.6 Å². The van der Waals surface area contributed by atoms with E-state index in [1.165, 1.54) is 12.1 Å². The van der Waals surface area contributed by atoms with Crippen molar-refractivity contribution in [3.63, 3.8) is 0 Å². The highest BCUT2D eigenvalue weighted by Crippen LogP contribution is 2.25. The van der Waals surface area contributed by atoms with Crippen molar-refractivity contribution in [2.75, 3.05) is 51.3 Å². The topological polar surface area (TPSA) is 57.9 Å². The third-order valence-electron chi connectivity index (χ3n) is 5.78. The summed E-state index contributed by atoms with van der Waals surface area (Å²) in [6.07, 6.45) is 4.79. The van der Waals surface area contributed by atoms with E-state index in [2.05, 4.69) is 25.2 Å². The molecule has 2 aliphatic heterocycles. The van der Waals surface area contributed by atoms with Crippen LogP contribution >= 0.6 is 0 Å². The molecule has 1 N–H and O–H groups in total. The minimum absolute atomic E-state index is 0.0265. The van der Waals surface area contributed by atoms with Crippen molar-refractivity contribution in [3.05, 3.63) is 47.8 Å². The molecule has 3 heterocycles. The van der Waals surface area contributed by atoms with E-state index >= 15 is 0 Å². The molecule has 9 heteroatoms. The van der Waals surface area contributed by atoms with E-state index in [4.69, 9.17) is 4.74 Å². The maximum Gasteiger partial charge on any atom is 0.193 e. The highest BCUT2D eigenvalue weighted by atomic mass is 19.2. The summed E-state index contributed by atoms with van der Waals surface area (Å²) in [5.41, 5.74) is 1.80. The number of hydrogen-bond donors (Lipinski definition) is 1. The molecule has 0 amide bonds. The van der Waals surface area contributed by atoms with Crippen LogP contribution in [-0.4, -0.2) is 67.0 Å². The lowest BCUT2D eigenvalue weighted by molar-refractivity contribution is -0.00806. The van der Waals surface area contributed by atoms with E-state index in [1.807, 2.05) is 19.4 Å². The number of aromatic nitrogens is 2. The predicted octanol–water partition coefficient (Wildman–Crippen LogP) is 2.17. The molecular formula is C21H28F2N6O. The van der Waals surface area contributed by atoms with Crippen molar-refractivity contribution in [1.82, 2.24) is 20.0 Å². The third-order valence-corrected chi connectivity index (χ3v) is 5.78. The lowest BCUT2D eigenvalue weighted by Crippen LogP contribution is -2.49. The summed E-state index contributed by atoms with van der Waals surface area (Å²) in [7, 11) is 3.69. The number of ether oxygens (including phenoxy) is 1. The molecule has 4 rings (SSSR count). The van der Waals surface area contributed by atoms with Crippen molar-refractivity contribution in [3.8, 4) is 0 Å². The number of guanidine groups is 1. The monoisotopic (exact) mass is 418 g/mol. The number of aliphatic imine (C=N–C) groups is 1. The van der Waals surface area contributed by atoms with Gasteiger partial charge in [-0.2, -0.15) is 5.10 Å². The average molecular weight is 418 g/mol. The molecule has 0 radical (unpaired) electrons. The zero-order valence-corrected chi connectivity index (χ0v) is 17.4. The summed E-state index contributed by atoms with van der Waals surface area (Å²) in [5.74, 6) is -0.344. The molecule has 162 valence electrons. The second-order valence-electron chi connectivity index (χ2n) is 7.88. The zero-order valence-electron chi connectivity index (χ0n) is 17.4. The number of hydrogen-bond acceptors (Lipinski definition) is 4. The number of rotatable bonds is 4. The maximum atomic E-state index is 13.5. The van der Waals surface area contributed by atoms with Gasteiger partial charge in [0.05, 0.1) is 19.3 Å². The summed E-state index contributed by atoms with van der Waals surface area (Å²) in [6.45, 7) is 4.54. The largest absolute Gasteiger partial charge is 0.371 e. The maximum absolute atomic E-state index is 13.5. The van der Waals surface area contributed by atoms with Gasteiger partial charge in [-0.25, -0.2) is 8.78 Å². The molecule has 2 unspecified atom stereocenters. The molecule has 2 fully saturated rings. The van der Waals surface area contributed by atoms with Crippen molar-refractivity contribution >= 4 is 11.6 Å². The normalized spacial score (nSPS) is 22.6. The summed E-state index contributed by atoms with van der Waals surface area (Å²) in [6, 6.07) is 4.10. The first-order valence-corrected chi connectivity index (χ1v) is 10.3. The van der Waals surface area contributed by atoms with Gasteiger partial charge in [0.1, 0.15) is 6.10 Å². The van der Waals surface area contributed by atoms with Gasteiger partial charge in [-0.3, -0.25) is 9.67 Å². The molecule has 0 aliphatic carbocycles. The number of aryl methyl sites for hydroxylation is 1. The SMILES string of the molecule is CN=C(NCC1CCN(c2ccc(F)c(F)c2)C1)N1CCOC(c2cnn(C)c2)C1. The van der Waals surface area contributed by atoms with Crippen LogP contribution in [0.25, 0.3) is 0 Å². The second kappa shape index (κ2) is 8.99. The Morgan fingerprint density at radius 3 is 2.87 bits per heavy atom. The Balaban J connectivity index is 1.31. The van der Waals surface area contributed by atoms with E-state index in [0.29, 0.717) is 12.5 Å². The lowest BCUT2D eigenvalue weighted by Gasteiger charge is -2.35. The van der Waals surface area contributed by atoms with Gasteiger partial charge >= 0.3 is 0 Å². The number of anilines is 1. The van der Waals surface area contributed by atoms with Gasteiger partial charge in [-0.05, 0) is 24.5 Å². The number of morpholine rings is 1. The van der Waals surface area contributed by atoms with Crippen molar-refractivity contribution < 1.29 is 13.5 Å². The fourth-order valence-electron chi connectivity index (χ4n) is 4.13. The van der Waals surface area contributed by atoms with Crippen LogP contribution in [-0.2, 0) is 11.8 Å². The first-order valence-electron chi connectivity index (χ1n) is 10.3. The number of benzene rings is 1.